The number of alkyl halides is 3. The molecule has 0 aromatic rings. The maximum atomic E-state index is 12.3. The normalized spacial score (nSPS) is 13.4. The molecule has 0 aromatic heterocycles. The summed E-state index contributed by atoms with van der Waals surface area (Å²) in [6.45, 7) is 9.01. The molecule has 2 nitrogen and oxygen atoms in total. The van der Waals surface area contributed by atoms with Crippen molar-refractivity contribution in [2.45, 2.75) is 52.3 Å². The second-order valence-corrected chi connectivity index (χ2v) is 5.42. The fraction of sp³-hybridized carbons (Fsp3) is 1.00. The first kappa shape index (κ1) is 16.7. The third-order valence-electron chi connectivity index (χ3n) is 2.25. The van der Waals surface area contributed by atoms with Crippen molar-refractivity contribution in [1.82, 2.24) is 10.2 Å². The van der Waals surface area contributed by atoms with E-state index in [9.17, 15) is 13.2 Å². The molecule has 5 heteroatoms. The Labute approximate surface area is 103 Å². The van der Waals surface area contributed by atoms with Crippen molar-refractivity contribution in [3.8, 4) is 0 Å². The van der Waals surface area contributed by atoms with E-state index in [4.69, 9.17) is 0 Å². The molecule has 0 fully saturated rings. The van der Waals surface area contributed by atoms with E-state index in [1.54, 1.807) is 0 Å². The van der Waals surface area contributed by atoms with Gasteiger partial charge in [0.15, 0.2) is 0 Å². The van der Waals surface area contributed by atoms with Crippen LogP contribution in [0.2, 0.25) is 0 Å². The number of nitrogens with zero attached hydrogens (tertiary/aromatic N) is 1. The zero-order valence-electron chi connectivity index (χ0n) is 11.3. The lowest BCUT2D eigenvalue weighted by Crippen LogP contribution is -2.39. The van der Waals surface area contributed by atoms with Crippen molar-refractivity contribution < 1.29 is 13.2 Å². The summed E-state index contributed by atoms with van der Waals surface area (Å²) >= 11 is 0. The van der Waals surface area contributed by atoms with Gasteiger partial charge in [-0.15, -0.1) is 0 Å². The van der Waals surface area contributed by atoms with Crippen LogP contribution in [-0.4, -0.2) is 42.8 Å². The lowest BCUT2D eigenvalue weighted by Gasteiger charge is -2.25. The summed E-state index contributed by atoms with van der Waals surface area (Å²) < 4.78 is 36.8. The molecule has 0 atom stereocenters. The van der Waals surface area contributed by atoms with Gasteiger partial charge in [-0.3, -0.25) is 4.90 Å². The smallest absolute Gasteiger partial charge is 0.312 e. The molecule has 17 heavy (non-hydrogen) atoms. The molecule has 0 aromatic carbocycles. The highest BCUT2D eigenvalue weighted by Crippen LogP contribution is 2.16. The lowest BCUT2D eigenvalue weighted by atomic mass is 10.1. The fourth-order valence-corrected chi connectivity index (χ4v) is 1.61. The Morgan fingerprint density at radius 1 is 1.06 bits per heavy atom. The SMILES string of the molecule is CCCN(CCCNC(C)(C)C)CC(F)(F)F. The topological polar surface area (TPSA) is 15.3 Å². The van der Waals surface area contributed by atoms with Gasteiger partial charge in [0.1, 0.15) is 0 Å². The minimum Gasteiger partial charge on any atom is -0.312 e. The van der Waals surface area contributed by atoms with Crippen LogP contribution < -0.4 is 5.32 Å². The molecule has 0 spiro atoms. The first-order valence-corrected chi connectivity index (χ1v) is 6.18. The monoisotopic (exact) mass is 254 g/mol. The van der Waals surface area contributed by atoms with Crippen molar-refractivity contribution in [3.05, 3.63) is 0 Å². The van der Waals surface area contributed by atoms with Crippen LogP contribution in [0.5, 0.6) is 0 Å². The summed E-state index contributed by atoms with van der Waals surface area (Å²) in [6, 6.07) is 0. The van der Waals surface area contributed by atoms with E-state index < -0.39 is 12.7 Å². The maximum Gasteiger partial charge on any atom is 0.401 e. The second-order valence-electron chi connectivity index (χ2n) is 5.42. The standard InChI is InChI=1S/C12H25F3N2/c1-5-8-17(10-12(13,14)15)9-6-7-16-11(2,3)4/h16H,5-10H2,1-4H3. The number of halogens is 3. The summed E-state index contributed by atoms with van der Waals surface area (Å²) in [4.78, 5) is 1.48. The number of nitrogens with one attached hydrogen (secondary N) is 1. The number of hydrogen-bond donors (Lipinski definition) is 1. The average molecular weight is 254 g/mol. The summed E-state index contributed by atoms with van der Waals surface area (Å²) in [6.07, 6.45) is -2.59. The van der Waals surface area contributed by atoms with E-state index >= 15 is 0 Å². The van der Waals surface area contributed by atoms with Crippen LogP contribution in [0.25, 0.3) is 0 Å². The van der Waals surface area contributed by atoms with Crippen molar-refractivity contribution in [3.63, 3.8) is 0 Å². The quantitative estimate of drug-likeness (QED) is 0.702. The highest BCUT2D eigenvalue weighted by atomic mass is 19.4. The number of rotatable bonds is 7. The van der Waals surface area contributed by atoms with Crippen LogP contribution in [-0.2, 0) is 0 Å². The van der Waals surface area contributed by atoms with Gasteiger partial charge in [-0.05, 0) is 53.2 Å². The minimum atomic E-state index is -4.09. The van der Waals surface area contributed by atoms with Gasteiger partial charge in [0.05, 0.1) is 6.54 Å². The predicted octanol–water partition coefficient (Wildman–Crippen LogP) is 3.04. The molecule has 0 rings (SSSR count). The highest BCUT2D eigenvalue weighted by molar-refractivity contribution is 4.71. The average Bonchev–Trinajstić information content (AvgIpc) is 2.08. The van der Waals surface area contributed by atoms with E-state index in [-0.39, 0.29) is 5.54 Å². The highest BCUT2D eigenvalue weighted by Gasteiger charge is 2.30. The Hall–Kier alpha value is -0.290. The van der Waals surface area contributed by atoms with Gasteiger partial charge in [-0.25, -0.2) is 0 Å². The number of hydrogen-bond acceptors (Lipinski definition) is 2. The summed E-state index contributed by atoms with van der Waals surface area (Å²) in [5.74, 6) is 0. The maximum absolute atomic E-state index is 12.3. The van der Waals surface area contributed by atoms with Crippen LogP contribution >= 0.6 is 0 Å². The van der Waals surface area contributed by atoms with E-state index in [1.165, 1.54) is 4.90 Å². The second kappa shape index (κ2) is 7.21. The Morgan fingerprint density at radius 3 is 2.06 bits per heavy atom. The minimum absolute atomic E-state index is 0.0274. The third-order valence-corrected chi connectivity index (χ3v) is 2.25. The van der Waals surface area contributed by atoms with Gasteiger partial charge >= 0.3 is 6.18 Å². The molecule has 0 unspecified atom stereocenters. The third kappa shape index (κ3) is 12.0. The molecular weight excluding hydrogens is 229 g/mol. The van der Waals surface area contributed by atoms with Crippen LogP contribution in [0.4, 0.5) is 13.2 Å². The molecule has 0 bridgehead atoms. The van der Waals surface area contributed by atoms with Crippen molar-refractivity contribution in [2.75, 3.05) is 26.2 Å². The molecule has 0 saturated carbocycles. The van der Waals surface area contributed by atoms with E-state index in [0.29, 0.717) is 13.1 Å². The van der Waals surface area contributed by atoms with Crippen molar-refractivity contribution >= 4 is 0 Å². The van der Waals surface area contributed by atoms with Crippen LogP contribution in [0.15, 0.2) is 0 Å². The first-order valence-electron chi connectivity index (χ1n) is 6.18. The fourth-order valence-electron chi connectivity index (χ4n) is 1.61. The summed E-state index contributed by atoms with van der Waals surface area (Å²) in [7, 11) is 0. The predicted molar refractivity (Wildman–Crippen MR) is 65.2 cm³/mol. The van der Waals surface area contributed by atoms with Crippen LogP contribution in [0.3, 0.4) is 0 Å². The van der Waals surface area contributed by atoms with Gasteiger partial charge < -0.3 is 5.32 Å². The molecule has 1 N–H and O–H groups in total. The molecular formula is C12H25F3N2. The lowest BCUT2D eigenvalue weighted by molar-refractivity contribution is -0.146. The largest absolute Gasteiger partial charge is 0.401 e. The van der Waals surface area contributed by atoms with E-state index in [1.807, 2.05) is 27.7 Å². The van der Waals surface area contributed by atoms with Gasteiger partial charge in [-0.2, -0.15) is 13.2 Å². The zero-order chi connectivity index (χ0) is 13.5. The van der Waals surface area contributed by atoms with Gasteiger partial charge in [0, 0.05) is 5.54 Å². The zero-order valence-corrected chi connectivity index (χ0v) is 11.3. The first-order chi connectivity index (χ1) is 7.64. The summed E-state index contributed by atoms with van der Waals surface area (Å²) in [5.41, 5.74) is 0.0274. The molecule has 0 amide bonds. The Kier molecular flexibility index (Phi) is 7.09. The van der Waals surface area contributed by atoms with E-state index in [0.717, 1.165) is 19.4 Å². The Morgan fingerprint density at radius 2 is 1.65 bits per heavy atom. The van der Waals surface area contributed by atoms with Gasteiger partial charge in [0.2, 0.25) is 0 Å². The van der Waals surface area contributed by atoms with Crippen molar-refractivity contribution in [2.24, 2.45) is 0 Å². The van der Waals surface area contributed by atoms with Crippen LogP contribution in [0.1, 0.15) is 40.5 Å². The summed E-state index contributed by atoms with van der Waals surface area (Å²) in [5, 5.41) is 3.27. The molecule has 0 aliphatic rings. The Bertz CT molecular complexity index is 197. The molecule has 0 heterocycles. The molecule has 0 radical (unpaired) electrons. The Balaban J connectivity index is 3.85. The van der Waals surface area contributed by atoms with Crippen molar-refractivity contribution in [1.29, 1.82) is 0 Å². The van der Waals surface area contributed by atoms with E-state index in [2.05, 4.69) is 5.32 Å². The molecule has 0 saturated heterocycles. The van der Waals surface area contributed by atoms with Gasteiger partial charge in [-0.1, -0.05) is 6.92 Å². The molecule has 104 valence electrons. The van der Waals surface area contributed by atoms with Gasteiger partial charge in [0.25, 0.3) is 0 Å². The molecule has 0 aliphatic heterocycles. The van der Waals surface area contributed by atoms with Crippen LogP contribution in [0, 0.1) is 0 Å². The molecule has 0 aliphatic carbocycles.